The van der Waals surface area contributed by atoms with Crippen LogP contribution >= 0.6 is 11.3 Å². The van der Waals surface area contributed by atoms with Crippen molar-refractivity contribution < 1.29 is 0 Å². The minimum absolute atomic E-state index is 1.09. The number of rotatable bonds is 2. The van der Waals surface area contributed by atoms with Crippen molar-refractivity contribution in [2.75, 3.05) is 0 Å². The molecule has 0 radical (unpaired) electrons. The summed E-state index contributed by atoms with van der Waals surface area (Å²) in [7, 11) is 0. The number of aryl methyl sites for hydroxylation is 4. The quantitative estimate of drug-likeness (QED) is 0.366. The molecule has 0 aliphatic heterocycles. The van der Waals surface area contributed by atoms with E-state index >= 15 is 0 Å². The second kappa shape index (κ2) is 6.61. The van der Waals surface area contributed by atoms with Crippen LogP contribution in [0.25, 0.3) is 32.6 Å². The Hall–Kier alpha value is -2.45. The van der Waals surface area contributed by atoms with Gasteiger partial charge >= 0.3 is 0 Å². The average Bonchev–Trinajstić information content (AvgIpc) is 3.06. The summed E-state index contributed by atoms with van der Waals surface area (Å²) in [5, 5.41) is 1.40. The molecule has 2 aromatic carbocycles. The van der Waals surface area contributed by atoms with Crippen LogP contribution in [0.5, 0.6) is 0 Å². The molecule has 0 saturated heterocycles. The van der Waals surface area contributed by atoms with Gasteiger partial charge in [-0.05, 0) is 67.9 Å². The molecule has 2 heteroatoms. The smallest absolute Gasteiger partial charge is 0.125 e. The van der Waals surface area contributed by atoms with Gasteiger partial charge in [-0.25, -0.2) is 4.98 Å². The lowest BCUT2D eigenvalue weighted by atomic mass is 9.91. The Morgan fingerprint density at radius 3 is 2.56 bits per heavy atom. The van der Waals surface area contributed by atoms with Crippen LogP contribution in [-0.2, 0) is 12.8 Å². The molecule has 0 saturated carbocycles. The van der Waals surface area contributed by atoms with Gasteiger partial charge in [-0.3, -0.25) is 0 Å². The molecule has 0 amide bonds. The van der Waals surface area contributed by atoms with Gasteiger partial charge in [-0.2, -0.15) is 0 Å². The third-order valence-electron chi connectivity index (χ3n) is 5.68. The van der Waals surface area contributed by atoms with E-state index in [0.717, 1.165) is 5.69 Å². The van der Waals surface area contributed by atoms with Crippen molar-refractivity contribution in [3.8, 4) is 22.4 Å². The number of hydrogen-bond acceptors (Lipinski definition) is 2. The van der Waals surface area contributed by atoms with Gasteiger partial charge in [0.15, 0.2) is 0 Å². The summed E-state index contributed by atoms with van der Waals surface area (Å²) in [5.41, 5.74) is 9.13. The monoisotopic (exact) mass is 369 g/mol. The maximum atomic E-state index is 5.14. The van der Waals surface area contributed by atoms with Gasteiger partial charge in [0, 0.05) is 15.8 Å². The van der Waals surface area contributed by atoms with Gasteiger partial charge in [0.25, 0.3) is 0 Å². The molecule has 0 spiro atoms. The molecule has 1 nitrogen and oxygen atoms in total. The fourth-order valence-electron chi connectivity index (χ4n) is 4.30. The molecular formula is C25H23NS. The maximum Gasteiger partial charge on any atom is 0.125 e. The first-order valence-corrected chi connectivity index (χ1v) is 10.6. The molecule has 1 aliphatic rings. The normalized spacial score (nSPS) is 13.7. The van der Waals surface area contributed by atoms with Crippen LogP contribution in [0, 0.1) is 13.8 Å². The number of hydrogen-bond donors (Lipinski definition) is 0. The Labute approximate surface area is 164 Å². The highest BCUT2D eigenvalue weighted by atomic mass is 32.1. The number of pyridine rings is 1. The van der Waals surface area contributed by atoms with E-state index in [1.165, 1.54) is 63.7 Å². The average molecular weight is 370 g/mol. The Morgan fingerprint density at radius 1 is 0.852 bits per heavy atom. The van der Waals surface area contributed by atoms with E-state index in [9.17, 15) is 0 Å². The van der Waals surface area contributed by atoms with Crippen molar-refractivity contribution >= 4 is 21.6 Å². The van der Waals surface area contributed by atoms with Gasteiger partial charge in [0.2, 0.25) is 0 Å². The van der Waals surface area contributed by atoms with Crippen molar-refractivity contribution in [1.29, 1.82) is 0 Å². The lowest BCUT2D eigenvalue weighted by molar-refractivity contribution is 0.700. The van der Waals surface area contributed by atoms with Crippen LogP contribution < -0.4 is 0 Å². The van der Waals surface area contributed by atoms with E-state index < -0.39 is 0 Å². The van der Waals surface area contributed by atoms with Crippen LogP contribution in [0.15, 0.2) is 54.6 Å². The zero-order chi connectivity index (χ0) is 18.4. The standard InChI is InChI=1S/C25H23NS/c1-16-8-7-10-18(14-16)21-15-22(19-11-4-3-9-17(19)2)26-25-24(21)20-12-5-6-13-23(20)27-25/h3-4,7-11,14-15H,5-6,12-13H2,1-2H3. The molecule has 134 valence electrons. The van der Waals surface area contributed by atoms with E-state index in [4.69, 9.17) is 4.98 Å². The van der Waals surface area contributed by atoms with E-state index in [2.05, 4.69) is 68.4 Å². The van der Waals surface area contributed by atoms with Gasteiger partial charge in [0.1, 0.15) is 4.83 Å². The molecule has 0 unspecified atom stereocenters. The van der Waals surface area contributed by atoms with E-state index in [-0.39, 0.29) is 0 Å². The van der Waals surface area contributed by atoms with Crippen LogP contribution in [0.3, 0.4) is 0 Å². The lowest BCUT2D eigenvalue weighted by Crippen LogP contribution is -1.99. The molecule has 2 heterocycles. The first-order chi connectivity index (χ1) is 13.2. The minimum Gasteiger partial charge on any atom is -0.237 e. The SMILES string of the molecule is Cc1cccc(-c2cc(-c3ccccc3C)nc3sc4c(c23)CCCC4)c1. The second-order valence-electron chi connectivity index (χ2n) is 7.63. The Bertz CT molecular complexity index is 1150. The summed E-state index contributed by atoms with van der Waals surface area (Å²) in [5.74, 6) is 0. The molecule has 0 N–H and O–H groups in total. The first-order valence-electron chi connectivity index (χ1n) is 9.79. The second-order valence-corrected chi connectivity index (χ2v) is 8.71. The van der Waals surface area contributed by atoms with Gasteiger partial charge in [0.05, 0.1) is 5.69 Å². The molecule has 0 atom stereocenters. The molecule has 4 aromatic rings. The summed E-state index contributed by atoms with van der Waals surface area (Å²) in [4.78, 5) is 7.90. The Morgan fingerprint density at radius 2 is 1.70 bits per heavy atom. The van der Waals surface area contributed by atoms with Crippen molar-refractivity contribution in [3.63, 3.8) is 0 Å². The topological polar surface area (TPSA) is 12.9 Å². The van der Waals surface area contributed by atoms with Crippen molar-refractivity contribution in [1.82, 2.24) is 4.98 Å². The fourth-order valence-corrected chi connectivity index (χ4v) is 5.58. The van der Waals surface area contributed by atoms with Gasteiger partial charge < -0.3 is 0 Å². The van der Waals surface area contributed by atoms with Gasteiger partial charge in [-0.1, -0.05) is 54.1 Å². The maximum absolute atomic E-state index is 5.14. The van der Waals surface area contributed by atoms with E-state index in [0.29, 0.717) is 0 Å². The highest BCUT2D eigenvalue weighted by Crippen LogP contribution is 2.42. The number of aromatic nitrogens is 1. The number of fused-ring (bicyclic) bond motifs is 3. The number of benzene rings is 2. The highest BCUT2D eigenvalue weighted by molar-refractivity contribution is 7.19. The summed E-state index contributed by atoms with van der Waals surface area (Å²) in [6.07, 6.45) is 5.01. The summed E-state index contributed by atoms with van der Waals surface area (Å²) >= 11 is 1.92. The largest absolute Gasteiger partial charge is 0.237 e. The predicted octanol–water partition coefficient (Wildman–Crippen LogP) is 7.13. The van der Waals surface area contributed by atoms with Crippen LogP contribution in [-0.4, -0.2) is 4.98 Å². The molecule has 0 fully saturated rings. The lowest BCUT2D eigenvalue weighted by Gasteiger charge is -2.14. The predicted molar refractivity (Wildman–Crippen MR) is 117 cm³/mol. The summed E-state index contributed by atoms with van der Waals surface area (Å²) in [6.45, 7) is 4.35. The zero-order valence-corrected chi connectivity index (χ0v) is 16.7. The molecule has 0 bridgehead atoms. The Balaban J connectivity index is 1.84. The third kappa shape index (κ3) is 2.89. The first kappa shape index (κ1) is 16.7. The fraction of sp³-hybridized carbons (Fsp3) is 0.240. The highest BCUT2D eigenvalue weighted by Gasteiger charge is 2.21. The van der Waals surface area contributed by atoms with Crippen molar-refractivity contribution in [2.24, 2.45) is 0 Å². The van der Waals surface area contributed by atoms with Crippen molar-refractivity contribution in [2.45, 2.75) is 39.5 Å². The molecular weight excluding hydrogens is 346 g/mol. The van der Waals surface area contributed by atoms with Crippen LogP contribution in [0.4, 0.5) is 0 Å². The molecule has 5 rings (SSSR count). The van der Waals surface area contributed by atoms with E-state index in [1.54, 1.807) is 10.4 Å². The third-order valence-corrected chi connectivity index (χ3v) is 6.86. The number of nitrogens with zero attached hydrogens (tertiary/aromatic N) is 1. The number of thiophene rings is 1. The molecule has 27 heavy (non-hydrogen) atoms. The molecule has 1 aliphatic carbocycles. The van der Waals surface area contributed by atoms with Crippen LogP contribution in [0.2, 0.25) is 0 Å². The van der Waals surface area contributed by atoms with Crippen LogP contribution in [0.1, 0.15) is 34.4 Å². The molecule has 2 aromatic heterocycles. The van der Waals surface area contributed by atoms with Gasteiger partial charge in [-0.15, -0.1) is 11.3 Å². The van der Waals surface area contributed by atoms with E-state index in [1.807, 2.05) is 11.3 Å². The minimum atomic E-state index is 1.09. The summed E-state index contributed by atoms with van der Waals surface area (Å²) < 4.78 is 0. The summed E-state index contributed by atoms with van der Waals surface area (Å²) in [6, 6.07) is 19.8. The van der Waals surface area contributed by atoms with Crippen molar-refractivity contribution in [3.05, 3.63) is 76.2 Å². The zero-order valence-electron chi connectivity index (χ0n) is 15.9. The Kier molecular flexibility index (Phi) is 4.09.